The molecular weight excluding hydrogens is 260 g/mol. The summed E-state index contributed by atoms with van der Waals surface area (Å²) >= 11 is 0. The van der Waals surface area contributed by atoms with Crippen molar-refractivity contribution in [1.29, 1.82) is 0 Å². The molecule has 2 aromatic carbocycles. The second-order valence-corrected chi connectivity index (χ2v) is 5.97. The summed E-state index contributed by atoms with van der Waals surface area (Å²) < 4.78 is 27.1. The molecule has 0 aromatic heterocycles. The Morgan fingerprint density at radius 3 is 2.53 bits per heavy atom. The van der Waals surface area contributed by atoms with Crippen LogP contribution in [0.15, 0.2) is 53.4 Å². The van der Waals surface area contributed by atoms with Crippen LogP contribution in [0.3, 0.4) is 0 Å². The third-order valence-electron chi connectivity index (χ3n) is 2.78. The van der Waals surface area contributed by atoms with E-state index in [-0.39, 0.29) is 11.4 Å². The Morgan fingerprint density at radius 2 is 1.84 bits per heavy atom. The van der Waals surface area contributed by atoms with E-state index in [1.807, 2.05) is 19.1 Å². The topological polar surface area (TPSA) is 72.2 Å². The summed E-state index contributed by atoms with van der Waals surface area (Å²) in [6.45, 7) is 2.14. The molecule has 100 valence electrons. The molecule has 0 amide bonds. The molecule has 0 atom stereocenters. The normalized spacial score (nSPS) is 11.3. The van der Waals surface area contributed by atoms with Crippen molar-refractivity contribution in [2.45, 2.75) is 18.4 Å². The van der Waals surface area contributed by atoms with Crippen molar-refractivity contribution in [2.24, 2.45) is 5.73 Å². The van der Waals surface area contributed by atoms with Crippen molar-refractivity contribution < 1.29 is 8.42 Å². The zero-order valence-corrected chi connectivity index (χ0v) is 11.4. The molecule has 19 heavy (non-hydrogen) atoms. The van der Waals surface area contributed by atoms with Crippen LogP contribution in [-0.4, -0.2) is 8.42 Å². The van der Waals surface area contributed by atoms with Gasteiger partial charge in [-0.3, -0.25) is 4.72 Å². The average Bonchev–Trinajstić information content (AvgIpc) is 2.39. The third kappa shape index (κ3) is 3.13. The lowest BCUT2D eigenvalue weighted by Crippen LogP contribution is -2.15. The number of para-hydroxylation sites is 1. The number of hydrogen-bond donors (Lipinski definition) is 2. The van der Waals surface area contributed by atoms with E-state index in [2.05, 4.69) is 4.72 Å². The first-order valence-corrected chi connectivity index (χ1v) is 7.39. The highest BCUT2D eigenvalue weighted by Gasteiger charge is 2.15. The molecule has 0 fully saturated rings. The molecule has 2 aromatic rings. The summed E-state index contributed by atoms with van der Waals surface area (Å²) in [7, 11) is -3.57. The molecule has 0 aliphatic carbocycles. The molecule has 0 aliphatic heterocycles. The second-order valence-electron chi connectivity index (χ2n) is 4.28. The number of aryl methyl sites for hydroxylation is 1. The molecule has 0 bridgehead atoms. The fraction of sp³-hybridized carbons (Fsp3) is 0.143. The van der Waals surface area contributed by atoms with Crippen molar-refractivity contribution in [2.75, 3.05) is 4.72 Å². The van der Waals surface area contributed by atoms with E-state index in [1.54, 1.807) is 36.4 Å². The Balaban J connectivity index is 2.37. The minimum Gasteiger partial charge on any atom is -0.326 e. The van der Waals surface area contributed by atoms with Crippen LogP contribution in [0.1, 0.15) is 11.1 Å². The van der Waals surface area contributed by atoms with Crippen molar-refractivity contribution >= 4 is 15.7 Å². The molecule has 0 heterocycles. The molecule has 0 saturated heterocycles. The predicted molar refractivity (Wildman–Crippen MR) is 76.3 cm³/mol. The highest BCUT2D eigenvalue weighted by Crippen LogP contribution is 2.20. The van der Waals surface area contributed by atoms with Gasteiger partial charge in [0.25, 0.3) is 10.0 Å². The highest BCUT2D eigenvalue weighted by molar-refractivity contribution is 7.92. The Hall–Kier alpha value is -1.85. The Labute approximate surface area is 113 Å². The van der Waals surface area contributed by atoms with Crippen molar-refractivity contribution in [3.8, 4) is 0 Å². The van der Waals surface area contributed by atoms with E-state index in [9.17, 15) is 8.42 Å². The summed E-state index contributed by atoms with van der Waals surface area (Å²) in [6, 6.07) is 13.9. The number of nitrogens with two attached hydrogens (primary N) is 1. The number of anilines is 1. The van der Waals surface area contributed by atoms with Gasteiger partial charge in [0.2, 0.25) is 0 Å². The standard InChI is InChI=1S/C14H16N2O2S/c1-11-5-4-7-13(9-11)19(17,18)16-14-8-3-2-6-12(14)10-15/h2-9,16H,10,15H2,1H3. The maximum Gasteiger partial charge on any atom is 0.261 e. The van der Waals surface area contributed by atoms with Gasteiger partial charge in [-0.15, -0.1) is 0 Å². The van der Waals surface area contributed by atoms with E-state index in [4.69, 9.17) is 5.73 Å². The van der Waals surface area contributed by atoms with Gasteiger partial charge in [0.1, 0.15) is 0 Å². The first-order chi connectivity index (χ1) is 9.03. The van der Waals surface area contributed by atoms with Gasteiger partial charge in [-0.1, -0.05) is 30.3 Å². The lowest BCUT2D eigenvalue weighted by atomic mass is 10.2. The minimum absolute atomic E-state index is 0.249. The maximum atomic E-state index is 12.3. The molecule has 0 aliphatic rings. The molecule has 0 saturated carbocycles. The molecule has 0 spiro atoms. The SMILES string of the molecule is Cc1cccc(S(=O)(=O)Nc2ccccc2CN)c1. The number of rotatable bonds is 4. The van der Waals surface area contributed by atoms with Gasteiger partial charge in [-0.25, -0.2) is 8.42 Å². The predicted octanol–water partition coefficient (Wildman–Crippen LogP) is 2.25. The van der Waals surface area contributed by atoms with Gasteiger partial charge in [0.05, 0.1) is 10.6 Å². The molecule has 4 nitrogen and oxygen atoms in total. The molecular formula is C14H16N2O2S. The van der Waals surface area contributed by atoms with Crippen LogP contribution in [-0.2, 0) is 16.6 Å². The van der Waals surface area contributed by atoms with Crippen molar-refractivity contribution in [3.63, 3.8) is 0 Å². The zero-order chi connectivity index (χ0) is 13.9. The molecule has 0 unspecified atom stereocenters. The quantitative estimate of drug-likeness (QED) is 0.899. The smallest absolute Gasteiger partial charge is 0.261 e. The van der Waals surface area contributed by atoms with Crippen LogP contribution in [0.4, 0.5) is 5.69 Å². The van der Waals surface area contributed by atoms with Gasteiger partial charge in [0.15, 0.2) is 0 Å². The molecule has 2 rings (SSSR count). The lowest BCUT2D eigenvalue weighted by molar-refractivity contribution is 0.601. The third-order valence-corrected chi connectivity index (χ3v) is 4.14. The zero-order valence-electron chi connectivity index (χ0n) is 10.6. The Bertz CT molecular complexity index is 681. The van der Waals surface area contributed by atoms with E-state index in [1.165, 1.54) is 0 Å². The van der Waals surface area contributed by atoms with E-state index in [0.717, 1.165) is 11.1 Å². The first kappa shape index (κ1) is 13.6. The first-order valence-electron chi connectivity index (χ1n) is 5.90. The largest absolute Gasteiger partial charge is 0.326 e. The number of hydrogen-bond acceptors (Lipinski definition) is 3. The van der Waals surface area contributed by atoms with Crippen molar-refractivity contribution in [1.82, 2.24) is 0 Å². The Kier molecular flexibility index (Phi) is 3.87. The van der Waals surface area contributed by atoms with Crippen LogP contribution in [0.5, 0.6) is 0 Å². The summed E-state index contributed by atoms with van der Waals surface area (Å²) in [6.07, 6.45) is 0. The van der Waals surface area contributed by atoms with E-state index >= 15 is 0 Å². The summed E-state index contributed by atoms with van der Waals surface area (Å²) in [5, 5.41) is 0. The molecule has 5 heteroatoms. The van der Waals surface area contributed by atoms with Crippen LogP contribution in [0, 0.1) is 6.92 Å². The monoisotopic (exact) mass is 276 g/mol. The molecule has 3 N–H and O–H groups in total. The summed E-state index contributed by atoms with van der Waals surface area (Å²) in [5.74, 6) is 0. The van der Waals surface area contributed by atoms with Crippen LogP contribution in [0.2, 0.25) is 0 Å². The summed E-state index contributed by atoms with van der Waals surface area (Å²) in [4.78, 5) is 0.249. The van der Waals surface area contributed by atoms with E-state index in [0.29, 0.717) is 5.69 Å². The summed E-state index contributed by atoms with van der Waals surface area (Å²) in [5.41, 5.74) is 7.78. The number of benzene rings is 2. The van der Waals surface area contributed by atoms with Gasteiger partial charge in [0, 0.05) is 6.54 Å². The van der Waals surface area contributed by atoms with E-state index < -0.39 is 10.0 Å². The van der Waals surface area contributed by atoms with Gasteiger partial charge < -0.3 is 5.73 Å². The van der Waals surface area contributed by atoms with Gasteiger partial charge in [-0.2, -0.15) is 0 Å². The van der Waals surface area contributed by atoms with Crippen LogP contribution >= 0.6 is 0 Å². The van der Waals surface area contributed by atoms with Gasteiger partial charge >= 0.3 is 0 Å². The maximum absolute atomic E-state index is 12.3. The Morgan fingerprint density at radius 1 is 1.11 bits per heavy atom. The van der Waals surface area contributed by atoms with Crippen LogP contribution < -0.4 is 10.5 Å². The highest BCUT2D eigenvalue weighted by atomic mass is 32.2. The number of sulfonamides is 1. The molecule has 0 radical (unpaired) electrons. The fourth-order valence-corrected chi connectivity index (χ4v) is 2.99. The van der Waals surface area contributed by atoms with Gasteiger partial charge in [-0.05, 0) is 36.2 Å². The lowest BCUT2D eigenvalue weighted by Gasteiger charge is -2.11. The van der Waals surface area contributed by atoms with Crippen molar-refractivity contribution in [3.05, 3.63) is 59.7 Å². The average molecular weight is 276 g/mol. The van der Waals surface area contributed by atoms with Crippen LogP contribution in [0.25, 0.3) is 0 Å². The fourth-order valence-electron chi connectivity index (χ4n) is 1.78. The minimum atomic E-state index is -3.57. The number of nitrogens with one attached hydrogen (secondary N) is 1. The second kappa shape index (κ2) is 5.42.